The first kappa shape index (κ1) is 18.3. The summed E-state index contributed by atoms with van der Waals surface area (Å²) in [6.07, 6.45) is 1.64. The highest BCUT2D eigenvalue weighted by atomic mass is 19.1. The number of nitrogens with zero attached hydrogens (tertiary/aromatic N) is 2. The van der Waals surface area contributed by atoms with Crippen LogP contribution >= 0.6 is 0 Å². The Morgan fingerprint density at radius 2 is 2.12 bits per heavy atom. The van der Waals surface area contributed by atoms with E-state index in [1.807, 2.05) is 0 Å². The number of fused-ring (bicyclic) bond motifs is 2. The number of morpholine rings is 1. The molecule has 2 bridgehead atoms. The molecule has 0 aromatic heterocycles. The Balaban J connectivity index is 1.92. The maximum atomic E-state index is 14.3. The number of nitro groups is 1. The summed E-state index contributed by atoms with van der Waals surface area (Å²) >= 11 is 0. The molecule has 1 aromatic carbocycles. The predicted molar refractivity (Wildman–Crippen MR) is 92.1 cm³/mol. The number of hydrogen-bond acceptors (Lipinski definition) is 5. The van der Waals surface area contributed by atoms with Crippen LogP contribution in [0.3, 0.4) is 0 Å². The minimum Gasteiger partial charge on any atom is -0.444 e. The third-order valence-electron chi connectivity index (χ3n) is 4.31. The van der Waals surface area contributed by atoms with Gasteiger partial charge in [-0.05, 0) is 38.8 Å². The molecule has 0 aliphatic carbocycles. The van der Waals surface area contributed by atoms with Crippen LogP contribution in [0.5, 0.6) is 0 Å². The molecule has 2 heterocycles. The highest BCUT2D eigenvalue weighted by Gasteiger charge is 2.40. The van der Waals surface area contributed by atoms with Crippen molar-refractivity contribution < 1.29 is 23.6 Å². The lowest BCUT2D eigenvalue weighted by Crippen LogP contribution is -2.57. The molecule has 26 heavy (non-hydrogen) atoms. The van der Waals surface area contributed by atoms with Gasteiger partial charge in [-0.25, -0.2) is 9.18 Å². The van der Waals surface area contributed by atoms with Crippen LogP contribution in [-0.4, -0.2) is 46.8 Å². The Labute approximate surface area is 150 Å². The smallest absolute Gasteiger partial charge is 0.411 e. The Kier molecular flexibility index (Phi) is 4.70. The standard InChI is InChI=1S/C18H21FN2O5/c1-18(2,3)26-17(22)20-13-6-11(7-14(20)10-25-9-13)15-8-12(21(23)24)4-5-16(15)19/h4-6,8,13-14H,7,9-10H2,1-3H3. The van der Waals surface area contributed by atoms with Crippen molar-refractivity contribution in [3.05, 3.63) is 45.8 Å². The van der Waals surface area contributed by atoms with E-state index in [1.54, 1.807) is 31.7 Å². The van der Waals surface area contributed by atoms with E-state index in [-0.39, 0.29) is 23.9 Å². The Morgan fingerprint density at radius 1 is 1.38 bits per heavy atom. The van der Waals surface area contributed by atoms with E-state index in [0.29, 0.717) is 18.6 Å². The van der Waals surface area contributed by atoms with Crippen LogP contribution in [0, 0.1) is 15.9 Å². The maximum Gasteiger partial charge on any atom is 0.411 e. The summed E-state index contributed by atoms with van der Waals surface area (Å²) in [7, 11) is 0. The highest BCUT2D eigenvalue weighted by Crippen LogP contribution is 2.35. The largest absolute Gasteiger partial charge is 0.444 e. The fourth-order valence-corrected chi connectivity index (χ4v) is 3.27. The summed E-state index contributed by atoms with van der Waals surface area (Å²) < 4.78 is 25.3. The van der Waals surface area contributed by atoms with Gasteiger partial charge in [0.25, 0.3) is 5.69 Å². The maximum absolute atomic E-state index is 14.3. The van der Waals surface area contributed by atoms with Crippen LogP contribution in [0.15, 0.2) is 24.3 Å². The zero-order chi connectivity index (χ0) is 19.1. The number of carbonyl (C=O) groups is 1. The van der Waals surface area contributed by atoms with Crippen LogP contribution in [0.25, 0.3) is 5.57 Å². The first-order valence-electron chi connectivity index (χ1n) is 8.40. The van der Waals surface area contributed by atoms with Gasteiger partial charge in [-0.1, -0.05) is 6.08 Å². The SMILES string of the molecule is CC(C)(C)OC(=O)N1C2C=C(c3cc([N+](=O)[O-])ccc3F)CC1COC2. The molecule has 3 rings (SSSR count). The second-order valence-electron chi connectivity index (χ2n) is 7.46. The number of nitro benzene ring substituents is 1. The van der Waals surface area contributed by atoms with E-state index >= 15 is 0 Å². The Bertz CT molecular complexity index is 771. The van der Waals surface area contributed by atoms with Crippen LogP contribution < -0.4 is 0 Å². The molecule has 2 atom stereocenters. The van der Waals surface area contributed by atoms with E-state index in [4.69, 9.17) is 9.47 Å². The second-order valence-corrected chi connectivity index (χ2v) is 7.46. The van der Waals surface area contributed by atoms with Crippen LogP contribution in [0.2, 0.25) is 0 Å². The van der Waals surface area contributed by atoms with Gasteiger partial charge in [0.15, 0.2) is 0 Å². The summed E-state index contributed by atoms with van der Waals surface area (Å²) in [6.45, 7) is 5.96. The molecule has 2 unspecified atom stereocenters. The van der Waals surface area contributed by atoms with Crippen molar-refractivity contribution in [3.63, 3.8) is 0 Å². The zero-order valence-electron chi connectivity index (χ0n) is 14.9. The van der Waals surface area contributed by atoms with Gasteiger partial charge in [0.1, 0.15) is 11.4 Å². The minimum atomic E-state index is -0.623. The van der Waals surface area contributed by atoms with Crippen molar-refractivity contribution in [2.75, 3.05) is 13.2 Å². The van der Waals surface area contributed by atoms with E-state index < -0.39 is 28.5 Å². The van der Waals surface area contributed by atoms with Crippen molar-refractivity contribution in [1.29, 1.82) is 0 Å². The quantitative estimate of drug-likeness (QED) is 0.592. The molecule has 2 aliphatic rings. The van der Waals surface area contributed by atoms with Crippen molar-refractivity contribution in [3.8, 4) is 0 Å². The molecule has 2 aliphatic heterocycles. The van der Waals surface area contributed by atoms with Gasteiger partial charge >= 0.3 is 6.09 Å². The van der Waals surface area contributed by atoms with Crippen molar-refractivity contribution in [2.24, 2.45) is 0 Å². The van der Waals surface area contributed by atoms with E-state index in [1.165, 1.54) is 6.07 Å². The van der Waals surface area contributed by atoms with Crippen LogP contribution in [0.4, 0.5) is 14.9 Å². The second kappa shape index (κ2) is 6.68. The first-order valence-corrected chi connectivity index (χ1v) is 8.40. The van der Waals surface area contributed by atoms with Gasteiger partial charge < -0.3 is 9.47 Å². The number of benzene rings is 1. The third kappa shape index (κ3) is 3.70. The van der Waals surface area contributed by atoms with Gasteiger partial charge in [-0.3, -0.25) is 15.0 Å². The molecular weight excluding hydrogens is 343 g/mol. The first-order chi connectivity index (χ1) is 12.2. The van der Waals surface area contributed by atoms with E-state index in [0.717, 1.165) is 12.1 Å². The molecule has 7 nitrogen and oxygen atoms in total. The van der Waals surface area contributed by atoms with Crippen molar-refractivity contribution in [2.45, 2.75) is 44.9 Å². The summed E-state index contributed by atoms with van der Waals surface area (Å²) in [5.74, 6) is -0.522. The predicted octanol–water partition coefficient (Wildman–Crippen LogP) is 3.53. The molecule has 0 N–H and O–H groups in total. The zero-order valence-corrected chi connectivity index (χ0v) is 14.9. The van der Waals surface area contributed by atoms with Gasteiger partial charge in [0, 0.05) is 17.7 Å². The van der Waals surface area contributed by atoms with Crippen LogP contribution in [-0.2, 0) is 9.47 Å². The number of ether oxygens (including phenoxy) is 2. The molecule has 0 spiro atoms. The van der Waals surface area contributed by atoms with Gasteiger partial charge in [0.05, 0.1) is 30.2 Å². The molecule has 1 fully saturated rings. The summed E-state index contributed by atoms with van der Waals surface area (Å²) in [5.41, 5.74) is 0.0464. The highest BCUT2D eigenvalue weighted by molar-refractivity contribution is 5.75. The van der Waals surface area contributed by atoms with E-state index in [2.05, 4.69) is 0 Å². The minimum absolute atomic E-state index is 0.168. The number of halogens is 1. The lowest BCUT2D eigenvalue weighted by Gasteiger charge is -2.44. The fraction of sp³-hybridized carbons (Fsp3) is 0.500. The van der Waals surface area contributed by atoms with Crippen molar-refractivity contribution >= 4 is 17.4 Å². The number of rotatable bonds is 2. The van der Waals surface area contributed by atoms with Gasteiger partial charge in [0.2, 0.25) is 0 Å². The molecule has 8 heteroatoms. The number of non-ortho nitro benzene ring substituents is 1. The molecule has 140 valence electrons. The average Bonchev–Trinajstić information content (AvgIpc) is 2.52. The lowest BCUT2D eigenvalue weighted by molar-refractivity contribution is -0.384. The number of carbonyl (C=O) groups excluding carboxylic acids is 1. The lowest BCUT2D eigenvalue weighted by atomic mass is 9.89. The van der Waals surface area contributed by atoms with Crippen molar-refractivity contribution in [1.82, 2.24) is 4.90 Å². The molecular formula is C18H21FN2O5. The molecule has 1 amide bonds. The molecule has 1 saturated heterocycles. The van der Waals surface area contributed by atoms with Crippen LogP contribution in [0.1, 0.15) is 32.8 Å². The topological polar surface area (TPSA) is 81.9 Å². The van der Waals surface area contributed by atoms with Gasteiger partial charge in [-0.15, -0.1) is 0 Å². The summed E-state index contributed by atoms with van der Waals surface area (Å²) in [4.78, 5) is 24.6. The third-order valence-corrected chi connectivity index (χ3v) is 4.31. The monoisotopic (exact) mass is 364 g/mol. The normalized spacial score (nSPS) is 22.6. The average molecular weight is 364 g/mol. The summed E-state index contributed by atoms with van der Waals surface area (Å²) in [5, 5.41) is 11.0. The molecule has 1 aromatic rings. The molecule has 0 saturated carbocycles. The fourth-order valence-electron chi connectivity index (χ4n) is 3.27. The van der Waals surface area contributed by atoms with Gasteiger partial charge in [-0.2, -0.15) is 0 Å². The number of hydrogen-bond donors (Lipinski definition) is 0. The Morgan fingerprint density at radius 3 is 2.73 bits per heavy atom. The Hall–Kier alpha value is -2.48. The molecule has 0 radical (unpaired) electrons. The van der Waals surface area contributed by atoms with E-state index in [9.17, 15) is 19.3 Å². The summed E-state index contributed by atoms with van der Waals surface area (Å²) in [6, 6.07) is 2.77. The number of amides is 1.